The summed E-state index contributed by atoms with van der Waals surface area (Å²) in [7, 11) is 1.70. The van der Waals surface area contributed by atoms with Crippen molar-refractivity contribution in [2.45, 2.75) is 13.5 Å². The summed E-state index contributed by atoms with van der Waals surface area (Å²) in [6.45, 7) is 2.91. The predicted octanol–water partition coefficient (Wildman–Crippen LogP) is 3.68. The van der Waals surface area contributed by atoms with Crippen LogP contribution in [0.15, 0.2) is 35.7 Å². The Labute approximate surface area is 99.9 Å². The van der Waals surface area contributed by atoms with E-state index < -0.39 is 0 Å². The fourth-order valence-electron chi connectivity index (χ4n) is 1.54. The Morgan fingerprint density at radius 2 is 2.19 bits per heavy atom. The van der Waals surface area contributed by atoms with E-state index in [1.165, 1.54) is 10.4 Å². The number of rotatable bonds is 4. The minimum absolute atomic E-state index is 0.844. The lowest BCUT2D eigenvalue weighted by molar-refractivity contribution is 0.416. The van der Waals surface area contributed by atoms with Crippen LogP contribution in [-0.4, -0.2) is 7.11 Å². The molecule has 0 fully saturated rings. The molecule has 0 unspecified atom stereocenters. The Morgan fingerprint density at radius 3 is 2.88 bits per heavy atom. The highest BCUT2D eigenvalue weighted by molar-refractivity contribution is 7.09. The number of thiophene rings is 1. The standard InChI is InChI=1S/C13H15NOS/c1-10-5-6-12(13(8-10)15-2)14-9-11-4-3-7-16-11/h3-8,14H,9H2,1-2H3. The maximum absolute atomic E-state index is 5.34. The van der Waals surface area contributed by atoms with E-state index in [0.717, 1.165) is 18.0 Å². The zero-order chi connectivity index (χ0) is 11.4. The molecule has 1 aromatic heterocycles. The molecule has 2 nitrogen and oxygen atoms in total. The Hall–Kier alpha value is -1.48. The lowest BCUT2D eigenvalue weighted by Crippen LogP contribution is -2.00. The second-order valence-corrected chi connectivity index (χ2v) is 4.67. The quantitative estimate of drug-likeness (QED) is 0.869. The van der Waals surface area contributed by atoms with Crippen molar-refractivity contribution < 1.29 is 4.74 Å². The Balaban J connectivity index is 2.09. The molecule has 2 aromatic rings. The molecule has 0 aliphatic rings. The van der Waals surface area contributed by atoms with Crippen molar-refractivity contribution in [2.24, 2.45) is 0 Å². The molecule has 0 radical (unpaired) electrons. The molecule has 1 heterocycles. The lowest BCUT2D eigenvalue weighted by Gasteiger charge is -2.11. The number of nitrogens with one attached hydrogen (secondary N) is 1. The van der Waals surface area contributed by atoms with Crippen molar-refractivity contribution in [3.63, 3.8) is 0 Å². The second kappa shape index (κ2) is 5.03. The molecule has 0 bridgehead atoms. The molecule has 0 saturated carbocycles. The summed E-state index contributed by atoms with van der Waals surface area (Å²) in [5.41, 5.74) is 2.25. The molecule has 1 aromatic carbocycles. The van der Waals surface area contributed by atoms with Gasteiger partial charge in [0, 0.05) is 11.4 Å². The summed E-state index contributed by atoms with van der Waals surface area (Å²) in [5.74, 6) is 0.900. The number of aryl methyl sites for hydroxylation is 1. The van der Waals surface area contributed by atoms with Crippen molar-refractivity contribution >= 4 is 17.0 Å². The topological polar surface area (TPSA) is 21.3 Å². The first kappa shape index (κ1) is 11.0. The summed E-state index contributed by atoms with van der Waals surface area (Å²) in [4.78, 5) is 1.32. The van der Waals surface area contributed by atoms with Crippen molar-refractivity contribution in [1.82, 2.24) is 0 Å². The third-order valence-corrected chi connectivity index (χ3v) is 3.27. The molecule has 1 N–H and O–H groups in total. The molecule has 0 spiro atoms. The van der Waals surface area contributed by atoms with E-state index in [0.29, 0.717) is 0 Å². The van der Waals surface area contributed by atoms with Gasteiger partial charge in [-0.05, 0) is 36.1 Å². The van der Waals surface area contributed by atoms with Crippen LogP contribution in [0, 0.1) is 6.92 Å². The van der Waals surface area contributed by atoms with Crippen LogP contribution in [0.25, 0.3) is 0 Å². The maximum Gasteiger partial charge on any atom is 0.142 e. The van der Waals surface area contributed by atoms with Gasteiger partial charge in [0.25, 0.3) is 0 Å². The largest absolute Gasteiger partial charge is 0.495 e. The smallest absolute Gasteiger partial charge is 0.142 e. The van der Waals surface area contributed by atoms with Gasteiger partial charge in [-0.1, -0.05) is 12.1 Å². The molecule has 2 rings (SSSR count). The Bertz CT molecular complexity index is 451. The van der Waals surface area contributed by atoms with Crippen LogP contribution in [0.5, 0.6) is 5.75 Å². The van der Waals surface area contributed by atoms with Gasteiger partial charge in [-0.15, -0.1) is 11.3 Å². The van der Waals surface area contributed by atoms with Crippen LogP contribution < -0.4 is 10.1 Å². The maximum atomic E-state index is 5.34. The molecule has 0 amide bonds. The van der Waals surface area contributed by atoms with Gasteiger partial charge in [0.15, 0.2) is 0 Å². The van der Waals surface area contributed by atoms with Gasteiger partial charge in [0.1, 0.15) is 5.75 Å². The first-order chi connectivity index (χ1) is 7.79. The van der Waals surface area contributed by atoms with E-state index in [4.69, 9.17) is 4.74 Å². The fourth-order valence-corrected chi connectivity index (χ4v) is 2.18. The van der Waals surface area contributed by atoms with Gasteiger partial charge in [-0.25, -0.2) is 0 Å². The van der Waals surface area contributed by atoms with Crippen LogP contribution in [0.4, 0.5) is 5.69 Å². The highest BCUT2D eigenvalue weighted by Gasteiger charge is 2.02. The average molecular weight is 233 g/mol. The SMILES string of the molecule is COc1cc(C)ccc1NCc1cccs1. The monoisotopic (exact) mass is 233 g/mol. The molecule has 0 atom stereocenters. The number of ether oxygens (including phenoxy) is 1. The third kappa shape index (κ3) is 2.55. The third-order valence-electron chi connectivity index (χ3n) is 2.39. The highest BCUT2D eigenvalue weighted by Crippen LogP contribution is 2.26. The first-order valence-corrected chi connectivity index (χ1v) is 6.08. The summed E-state index contributed by atoms with van der Waals surface area (Å²) >= 11 is 1.76. The molecule has 16 heavy (non-hydrogen) atoms. The van der Waals surface area contributed by atoms with Crippen molar-refractivity contribution in [2.75, 3.05) is 12.4 Å². The van der Waals surface area contributed by atoms with Crippen LogP contribution >= 0.6 is 11.3 Å². The number of hydrogen-bond donors (Lipinski definition) is 1. The molecule has 3 heteroatoms. The van der Waals surface area contributed by atoms with E-state index >= 15 is 0 Å². The van der Waals surface area contributed by atoms with Crippen molar-refractivity contribution in [3.8, 4) is 5.75 Å². The first-order valence-electron chi connectivity index (χ1n) is 5.20. The molecule has 0 aliphatic carbocycles. The van der Waals surface area contributed by atoms with Crippen LogP contribution in [0.3, 0.4) is 0 Å². The summed E-state index contributed by atoms with van der Waals surface area (Å²) < 4.78 is 5.34. The van der Waals surface area contributed by atoms with Gasteiger partial charge in [-0.3, -0.25) is 0 Å². The van der Waals surface area contributed by atoms with E-state index in [1.807, 2.05) is 6.07 Å². The normalized spacial score (nSPS) is 10.1. The van der Waals surface area contributed by atoms with Crippen LogP contribution in [0.2, 0.25) is 0 Å². The molecular formula is C13H15NOS. The summed E-state index contributed by atoms with van der Waals surface area (Å²) in [5, 5.41) is 5.47. The van der Waals surface area contributed by atoms with Gasteiger partial charge in [0.05, 0.1) is 12.8 Å². The zero-order valence-electron chi connectivity index (χ0n) is 9.49. The summed E-state index contributed by atoms with van der Waals surface area (Å²) in [6, 6.07) is 10.4. The van der Waals surface area contributed by atoms with Crippen molar-refractivity contribution in [1.29, 1.82) is 0 Å². The zero-order valence-corrected chi connectivity index (χ0v) is 10.3. The van der Waals surface area contributed by atoms with Crippen molar-refractivity contribution in [3.05, 3.63) is 46.2 Å². The Morgan fingerprint density at radius 1 is 1.31 bits per heavy atom. The highest BCUT2D eigenvalue weighted by atomic mass is 32.1. The van der Waals surface area contributed by atoms with Crippen LogP contribution in [0.1, 0.15) is 10.4 Å². The minimum Gasteiger partial charge on any atom is -0.495 e. The average Bonchev–Trinajstić information content (AvgIpc) is 2.80. The van der Waals surface area contributed by atoms with Gasteiger partial charge in [0.2, 0.25) is 0 Å². The number of hydrogen-bond acceptors (Lipinski definition) is 3. The lowest BCUT2D eigenvalue weighted by atomic mass is 10.2. The fraction of sp³-hybridized carbons (Fsp3) is 0.231. The van der Waals surface area contributed by atoms with Gasteiger partial charge < -0.3 is 10.1 Å². The van der Waals surface area contributed by atoms with E-state index in [2.05, 4.69) is 41.9 Å². The molecule has 0 saturated heterocycles. The minimum atomic E-state index is 0.844. The van der Waals surface area contributed by atoms with Gasteiger partial charge >= 0.3 is 0 Å². The van der Waals surface area contributed by atoms with E-state index in [1.54, 1.807) is 18.4 Å². The van der Waals surface area contributed by atoms with Crippen LogP contribution in [-0.2, 0) is 6.54 Å². The summed E-state index contributed by atoms with van der Waals surface area (Å²) in [6.07, 6.45) is 0. The second-order valence-electron chi connectivity index (χ2n) is 3.64. The molecule has 0 aliphatic heterocycles. The molecule has 84 valence electrons. The predicted molar refractivity (Wildman–Crippen MR) is 69.4 cm³/mol. The van der Waals surface area contributed by atoms with Gasteiger partial charge in [-0.2, -0.15) is 0 Å². The molecular weight excluding hydrogens is 218 g/mol. The number of methoxy groups -OCH3 is 1. The van der Waals surface area contributed by atoms with E-state index in [9.17, 15) is 0 Å². The number of benzene rings is 1. The Kier molecular flexibility index (Phi) is 3.47. The van der Waals surface area contributed by atoms with E-state index in [-0.39, 0.29) is 0 Å². The number of anilines is 1.